The average molecular weight is 209 g/mol. The molecule has 15 heavy (non-hydrogen) atoms. The molecule has 0 bridgehead atoms. The molecule has 0 aliphatic carbocycles. The Labute approximate surface area is 90.9 Å². The number of furan rings is 1. The van der Waals surface area contributed by atoms with Gasteiger partial charge in [0.15, 0.2) is 0 Å². The molecule has 1 aromatic heterocycles. The largest absolute Gasteiger partial charge is 0.469 e. The summed E-state index contributed by atoms with van der Waals surface area (Å²) in [7, 11) is 0. The molecule has 3 heteroatoms. The minimum absolute atomic E-state index is 0.111. The molecule has 1 heterocycles. The van der Waals surface area contributed by atoms with E-state index in [1.807, 2.05) is 12.1 Å². The van der Waals surface area contributed by atoms with Gasteiger partial charge in [0.1, 0.15) is 5.76 Å². The van der Waals surface area contributed by atoms with Crippen LogP contribution >= 0.6 is 0 Å². The Balaban J connectivity index is 2.24. The molecule has 0 saturated heterocycles. The molecule has 84 valence electrons. The molecular weight excluding hydrogens is 190 g/mol. The van der Waals surface area contributed by atoms with Crippen molar-refractivity contribution in [2.45, 2.75) is 45.6 Å². The number of hydrogen-bond donors (Lipinski definition) is 1. The van der Waals surface area contributed by atoms with Gasteiger partial charge in [0.2, 0.25) is 5.91 Å². The Morgan fingerprint density at radius 1 is 1.47 bits per heavy atom. The maximum atomic E-state index is 11.5. The zero-order valence-corrected chi connectivity index (χ0v) is 9.45. The van der Waals surface area contributed by atoms with Gasteiger partial charge in [-0.25, -0.2) is 0 Å². The van der Waals surface area contributed by atoms with E-state index in [2.05, 4.69) is 19.2 Å². The molecule has 0 radical (unpaired) electrons. The fourth-order valence-electron chi connectivity index (χ4n) is 1.48. The van der Waals surface area contributed by atoms with E-state index in [-0.39, 0.29) is 5.91 Å². The molecule has 3 nitrogen and oxygen atoms in total. The van der Waals surface area contributed by atoms with Gasteiger partial charge in [0, 0.05) is 18.9 Å². The monoisotopic (exact) mass is 209 g/mol. The van der Waals surface area contributed by atoms with E-state index in [1.54, 1.807) is 6.26 Å². The van der Waals surface area contributed by atoms with Crippen molar-refractivity contribution in [2.75, 3.05) is 0 Å². The zero-order chi connectivity index (χ0) is 11.1. The number of carbonyl (C=O) groups excluding carboxylic acids is 1. The van der Waals surface area contributed by atoms with Crippen molar-refractivity contribution < 1.29 is 9.21 Å². The summed E-state index contributed by atoms with van der Waals surface area (Å²) in [5, 5.41) is 3.00. The van der Waals surface area contributed by atoms with Crippen LogP contribution in [0.5, 0.6) is 0 Å². The lowest BCUT2D eigenvalue weighted by Crippen LogP contribution is -2.33. The van der Waals surface area contributed by atoms with Gasteiger partial charge in [0.05, 0.1) is 6.26 Å². The molecule has 0 saturated carbocycles. The highest BCUT2D eigenvalue weighted by molar-refractivity contribution is 5.76. The molecule has 0 aromatic carbocycles. The Morgan fingerprint density at radius 3 is 2.73 bits per heavy atom. The molecule has 0 atom stereocenters. The third-order valence-electron chi connectivity index (χ3n) is 2.53. The predicted octanol–water partition coefficient (Wildman–Crippen LogP) is 2.52. The van der Waals surface area contributed by atoms with Crippen LogP contribution in [-0.4, -0.2) is 11.9 Å². The average Bonchev–Trinajstić information content (AvgIpc) is 2.75. The van der Waals surface area contributed by atoms with Crippen molar-refractivity contribution in [1.29, 1.82) is 0 Å². The molecule has 0 fully saturated rings. The summed E-state index contributed by atoms with van der Waals surface area (Å²) in [5.74, 6) is 0.981. The van der Waals surface area contributed by atoms with Crippen molar-refractivity contribution in [2.24, 2.45) is 0 Å². The van der Waals surface area contributed by atoms with Crippen molar-refractivity contribution in [3.8, 4) is 0 Å². The summed E-state index contributed by atoms with van der Waals surface area (Å²) in [6.45, 7) is 4.17. The lowest BCUT2D eigenvalue weighted by Gasteiger charge is -2.14. The SMILES string of the molecule is CCC(CC)NC(=O)CCc1ccco1. The van der Waals surface area contributed by atoms with Gasteiger partial charge in [-0.1, -0.05) is 13.8 Å². The van der Waals surface area contributed by atoms with Gasteiger partial charge in [-0.05, 0) is 25.0 Å². The Kier molecular flexibility index (Phi) is 4.95. The molecule has 0 unspecified atom stereocenters. The van der Waals surface area contributed by atoms with Gasteiger partial charge >= 0.3 is 0 Å². The fraction of sp³-hybridized carbons (Fsp3) is 0.583. The standard InChI is InChI=1S/C12H19NO2/c1-3-10(4-2)13-12(14)8-7-11-6-5-9-15-11/h5-6,9-10H,3-4,7-8H2,1-2H3,(H,13,14). The fourth-order valence-corrected chi connectivity index (χ4v) is 1.48. The first-order valence-electron chi connectivity index (χ1n) is 5.58. The van der Waals surface area contributed by atoms with Gasteiger partial charge in [-0.2, -0.15) is 0 Å². The maximum absolute atomic E-state index is 11.5. The molecule has 1 amide bonds. The van der Waals surface area contributed by atoms with Gasteiger partial charge in [0.25, 0.3) is 0 Å². The van der Waals surface area contributed by atoms with Crippen LogP contribution in [0.3, 0.4) is 0 Å². The van der Waals surface area contributed by atoms with E-state index in [9.17, 15) is 4.79 Å². The van der Waals surface area contributed by atoms with Gasteiger partial charge < -0.3 is 9.73 Å². The van der Waals surface area contributed by atoms with Crippen molar-refractivity contribution in [3.05, 3.63) is 24.2 Å². The van der Waals surface area contributed by atoms with Crippen molar-refractivity contribution >= 4 is 5.91 Å². The summed E-state index contributed by atoms with van der Waals surface area (Å²) in [6, 6.07) is 4.05. The molecule has 0 aliphatic rings. The topological polar surface area (TPSA) is 42.2 Å². The highest BCUT2D eigenvalue weighted by Gasteiger charge is 2.08. The number of hydrogen-bond acceptors (Lipinski definition) is 2. The van der Waals surface area contributed by atoms with Crippen LogP contribution < -0.4 is 5.32 Å². The third-order valence-corrected chi connectivity index (χ3v) is 2.53. The normalized spacial score (nSPS) is 10.6. The lowest BCUT2D eigenvalue weighted by atomic mass is 10.1. The quantitative estimate of drug-likeness (QED) is 0.782. The molecule has 1 rings (SSSR count). The van der Waals surface area contributed by atoms with E-state index < -0.39 is 0 Å². The lowest BCUT2D eigenvalue weighted by molar-refractivity contribution is -0.121. The van der Waals surface area contributed by atoms with E-state index in [0.29, 0.717) is 18.9 Å². The van der Waals surface area contributed by atoms with Crippen LogP contribution in [0.4, 0.5) is 0 Å². The Hall–Kier alpha value is -1.25. The molecule has 1 N–H and O–H groups in total. The maximum Gasteiger partial charge on any atom is 0.220 e. The third kappa shape index (κ3) is 4.19. The first kappa shape index (κ1) is 11.8. The smallest absolute Gasteiger partial charge is 0.220 e. The summed E-state index contributed by atoms with van der Waals surface area (Å²) < 4.78 is 5.16. The second kappa shape index (κ2) is 6.27. The first-order valence-corrected chi connectivity index (χ1v) is 5.58. The second-order valence-corrected chi connectivity index (χ2v) is 3.66. The number of rotatable bonds is 6. The summed E-state index contributed by atoms with van der Waals surface area (Å²) >= 11 is 0. The van der Waals surface area contributed by atoms with E-state index in [4.69, 9.17) is 4.42 Å². The Morgan fingerprint density at radius 2 is 2.20 bits per heavy atom. The summed E-state index contributed by atoms with van der Waals surface area (Å²) in [5.41, 5.74) is 0. The summed E-state index contributed by atoms with van der Waals surface area (Å²) in [4.78, 5) is 11.5. The minimum Gasteiger partial charge on any atom is -0.469 e. The van der Waals surface area contributed by atoms with Crippen molar-refractivity contribution in [3.63, 3.8) is 0 Å². The number of nitrogens with one attached hydrogen (secondary N) is 1. The summed E-state index contributed by atoms with van der Waals surface area (Å²) in [6.07, 6.45) is 4.79. The van der Waals surface area contributed by atoms with Crippen LogP contribution in [0.25, 0.3) is 0 Å². The van der Waals surface area contributed by atoms with Crippen LogP contribution in [0.1, 0.15) is 38.9 Å². The van der Waals surface area contributed by atoms with E-state index in [0.717, 1.165) is 18.6 Å². The Bertz CT molecular complexity index is 276. The zero-order valence-electron chi connectivity index (χ0n) is 9.45. The van der Waals surface area contributed by atoms with Crippen LogP contribution in [0.15, 0.2) is 22.8 Å². The molecular formula is C12H19NO2. The number of aryl methyl sites for hydroxylation is 1. The molecule has 0 spiro atoms. The van der Waals surface area contributed by atoms with Gasteiger partial charge in [-0.15, -0.1) is 0 Å². The molecule has 1 aromatic rings. The number of carbonyl (C=O) groups is 1. The molecule has 0 aliphatic heterocycles. The van der Waals surface area contributed by atoms with Crippen LogP contribution in [0.2, 0.25) is 0 Å². The highest BCUT2D eigenvalue weighted by Crippen LogP contribution is 2.04. The first-order chi connectivity index (χ1) is 7.26. The van der Waals surface area contributed by atoms with Crippen LogP contribution in [0, 0.1) is 0 Å². The second-order valence-electron chi connectivity index (χ2n) is 3.66. The van der Waals surface area contributed by atoms with E-state index >= 15 is 0 Å². The van der Waals surface area contributed by atoms with E-state index in [1.165, 1.54) is 0 Å². The minimum atomic E-state index is 0.111. The van der Waals surface area contributed by atoms with Crippen LogP contribution in [-0.2, 0) is 11.2 Å². The van der Waals surface area contributed by atoms with Gasteiger partial charge in [-0.3, -0.25) is 4.79 Å². The number of amides is 1. The predicted molar refractivity (Wildman–Crippen MR) is 59.5 cm³/mol. The van der Waals surface area contributed by atoms with Crippen molar-refractivity contribution in [1.82, 2.24) is 5.32 Å². The highest BCUT2D eigenvalue weighted by atomic mass is 16.3.